The molecule has 3 aliphatic heterocycles. The molecule has 0 unspecified atom stereocenters. The van der Waals surface area contributed by atoms with Crippen molar-refractivity contribution in [2.24, 2.45) is 5.92 Å². The van der Waals surface area contributed by atoms with Crippen LogP contribution in [0.2, 0.25) is 0 Å². The summed E-state index contributed by atoms with van der Waals surface area (Å²) in [6.45, 7) is 8.47. The largest absolute Gasteiger partial charge is 0.383 e. The summed E-state index contributed by atoms with van der Waals surface area (Å²) in [5.41, 5.74) is 3.54. The fourth-order valence-corrected chi connectivity index (χ4v) is 4.55. The van der Waals surface area contributed by atoms with Crippen molar-refractivity contribution in [2.45, 2.75) is 32.4 Å². The molecular weight excluding hydrogens is 336 g/mol. The minimum Gasteiger partial charge on any atom is -0.383 e. The molecule has 2 bridgehead atoms. The van der Waals surface area contributed by atoms with Crippen LogP contribution in [0.5, 0.6) is 0 Å². The lowest BCUT2D eigenvalue weighted by Gasteiger charge is -2.35. The van der Waals surface area contributed by atoms with Crippen LogP contribution in [0.3, 0.4) is 0 Å². The summed E-state index contributed by atoms with van der Waals surface area (Å²) in [5, 5.41) is 0. The predicted octanol–water partition coefficient (Wildman–Crippen LogP) is 2.99. The first-order valence-corrected chi connectivity index (χ1v) is 10.0. The standard InChI is InChI=1S/C22H30N4O/c1-17-5-3-4-6-21(17)22-23-11-19(12-24-22)14-25-13-18-7-8-20(16-25)26(15-18)9-10-27-2/h3-6,11-12,18,20H,7-10,13-16H2,1-2H3/t18-,20+/m1/s1. The van der Waals surface area contributed by atoms with Gasteiger partial charge in [0.15, 0.2) is 5.82 Å². The Kier molecular flexibility index (Phi) is 5.81. The highest BCUT2D eigenvalue weighted by Gasteiger charge is 2.34. The van der Waals surface area contributed by atoms with Crippen LogP contribution in [0, 0.1) is 12.8 Å². The second-order valence-electron chi connectivity index (χ2n) is 8.01. The summed E-state index contributed by atoms with van der Waals surface area (Å²) >= 11 is 0. The summed E-state index contributed by atoms with van der Waals surface area (Å²) < 4.78 is 5.30. The number of ether oxygens (including phenoxy) is 1. The minimum absolute atomic E-state index is 0.658. The molecule has 0 amide bonds. The van der Waals surface area contributed by atoms with Crippen LogP contribution in [0.15, 0.2) is 36.7 Å². The van der Waals surface area contributed by atoms with Crippen molar-refractivity contribution in [2.75, 3.05) is 39.9 Å². The zero-order valence-corrected chi connectivity index (χ0v) is 16.5. The maximum absolute atomic E-state index is 5.30. The van der Waals surface area contributed by atoms with Gasteiger partial charge < -0.3 is 4.74 Å². The van der Waals surface area contributed by atoms with E-state index in [1.807, 2.05) is 18.5 Å². The fourth-order valence-electron chi connectivity index (χ4n) is 4.55. The van der Waals surface area contributed by atoms with Gasteiger partial charge in [0.25, 0.3) is 0 Å². The van der Waals surface area contributed by atoms with Crippen molar-refractivity contribution < 1.29 is 4.74 Å². The number of methoxy groups -OCH3 is 1. The van der Waals surface area contributed by atoms with E-state index < -0.39 is 0 Å². The lowest BCUT2D eigenvalue weighted by molar-refractivity contribution is 0.0867. The van der Waals surface area contributed by atoms with Gasteiger partial charge >= 0.3 is 0 Å². The van der Waals surface area contributed by atoms with Crippen molar-refractivity contribution in [3.8, 4) is 11.4 Å². The Morgan fingerprint density at radius 3 is 2.67 bits per heavy atom. The molecule has 0 N–H and O–H groups in total. The Morgan fingerprint density at radius 2 is 1.89 bits per heavy atom. The second-order valence-corrected chi connectivity index (χ2v) is 8.01. The molecule has 5 rings (SSSR count). The molecule has 3 aliphatic rings. The van der Waals surface area contributed by atoms with Crippen molar-refractivity contribution in [3.63, 3.8) is 0 Å². The molecule has 5 nitrogen and oxygen atoms in total. The van der Waals surface area contributed by atoms with E-state index >= 15 is 0 Å². The molecule has 0 aliphatic carbocycles. The third-order valence-corrected chi connectivity index (χ3v) is 5.98. The molecule has 3 fully saturated rings. The van der Waals surface area contributed by atoms with E-state index in [2.05, 4.69) is 44.9 Å². The Bertz CT molecular complexity index is 748. The van der Waals surface area contributed by atoms with Gasteiger partial charge in [0.2, 0.25) is 0 Å². The van der Waals surface area contributed by atoms with E-state index in [1.54, 1.807) is 7.11 Å². The van der Waals surface area contributed by atoms with Crippen LogP contribution in [-0.2, 0) is 11.3 Å². The number of benzene rings is 1. The SMILES string of the molecule is COCCN1C[C@@H]2CC[C@H]1CN(Cc1cnc(-c3ccccc3C)nc1)C2. The number of hydrogen-bond donors (Lipinski definition) is 0. The zero-order chi connectivity index (χ0) is 18.6. The molecule has 0 saturated carbocycles. The van der Waals surface area contributed by atoms with Crippen molar-refractivity contribution in [1.29, 1.82) is 0 Å². The van der Waals surface area contributed by atoms with E-state index in [9.17, 15) is 0 Å². The van der Waals surface area contributed by atoms with Crippen LogP contribution in [0.1, 0.15) is 24.0 Å². The molecule has 2 aromatic rings. The van der Waals surface area contributed by atoms with Gasteiger partial charge in [0, 0.05) is 69.4 Å². The highest BCUT2D eigenvalue weighted by Crippen LogP contribution is 2.28. The van der Waals surface area contributed by atoms with Crippen LogP contribution in [0.4, 0.5) is 0 Å². The summed E-state index contributed by atoms with van der Waals surface area (Å²) in [6, 6.07) is 8.95. The van der Waals surface area contributed by atoms with Gasteiger partial charge in [-0.15, -0.1) is 0 Å². The molecule has 3 saturated heterocycles. The van der Waals surface area contributed by atoms with Gasteiger partial charge in [-0.25, -0.2) is 9.97 Å². The fraction of sp³-hybridized carbons (Fsp3) is 0.545. The van der Waals surface area contributed by atoms with E-state index in [-0.39, 0.29) is 0 Å². The van der Waals surface area contributed by atoms with E-state index in [0.717, 1.165) is 43.5 Å². The third-order valence-electron chi connectivity index (χ3n) is 5.98. The number of aromatic nitrogens is 2. The van der Waals surface area contributed by atoms with E-state index in [1.165, 1.54) is 37.1 Å². The Balaban J connectivity index is 1.41. The van der Waals surface area contributed by atoms with Crippen molar-refractivity contribution in [3.05, 3.63) is 47.8 Å². The zero-order valence-electron chi connectivity index (χ0n) is 16.5. The van der Waals surface area contributed by atoms with Gasteiger partial charge in [-0.2, -0.15) is 0 Å². The van der Waals surface area contributed by atoms with E-state index in [0.29, 0.717) is 6.04 Å². The highest BCUT2D eigenvalue weighted by molar-refractivity contribution is 5.59. The van der Waals surface area contributed by atoms with Crippen LogP contribution < -0.4 is 0 Å². The number of aryl methyl sites for hydroxylation is 1. The van der Waals surface area contributed by atoms with Crippen LogP contribution >= 0.6 is 0 Å². The Hall–Kier alpha value is -1.82. The molecule has 1 aromatic heterocycles. The molecule has 5 heteroatoms. The monoisotopic (exact) mass is 366 g/mol. The predicted molar refractivity (Wildman–Crippen MR) is 107 cm³/mol. The minimum atomic E-state index is 0.658. The second kappa shape index (κ2) is 8.46. The molecule has 4 heterocycles. The summed E-state index contributed by atoms with van der Waals surface area (Å²) in [5.74, 6) is 1.59. The molecule has 1 aromatic carbocycles. The number of hydrogen-bond acceptors (Lipinski definition) is 5. The third kappa shape index (κ3) is 4.37. The summed E-state index contributed by atoms with van der Waals surface area (Å²) in [6.07, 6.45) is 6.68. The molecule has 2 atom stereocenters. The number of nitrogens with zero attached hydrogens (tertiary/aromatic N) is 4. The lowest BCUT2D eigenvalue weighted by Crippen LogP contribution is -2.45. The van der Waals surface area contributed by atoms with Gasteiger partial charge in [-0.05, 0) is 31.2 Å². The molecular formula is C22H30N4O. The number of piperidine rings is 1. The molecule has 27 heavy (non-hydrogen) atoms. The number of rotatable bonds is 6. The van der Waals surface area contributed by atoms with Crippen LogP contribution in [0.25, 0.3) is 11.4 Å². The molecule has 0 spiro atoms. The summed E-state index contributed by atoms with van der Waals surface area (Å²) in [4.78, 5) is 14.5. The summed E-state index contributed by atoms with van der Waals surface area (Å²) in [7, 11) is 1.79. The average Bonchev–Trinajstić information content (AvgIpc) is 2.98. The highest BCUT2D eigenvalue weighted by atomic mass is 16.5. The van der Waals surface area contributed by atoms with E-state index in [4.69, 9.17) is 4.74 Å². The molecule has 0 radical (unpaired) electrons. The Labute approximate surface area is 162 Å². The Morgan fingerprint density at radius 1 is 1.07 bits per heavy atom. The first-order valence-electron chi connectivity index (χ1n) is 10.0. The van der Waals surface area contributed by atoms with Gasteiger partial charge in [-0.3, -0.25) is 9.80 Å². The van der Waals surface area contributed by atoms with Gasteiger partial charge in [0.05, 0.1) is 6.61 Å². The maximum atomic E-state index is 5.30. The quantitative estimate of drug-likeness (QED) is 0.786. The average molecular weight is 367 g/mol. The maximum Gasteiger partial charge on any atom is 0.159 e. The normalized spacial score (nSPS) is 23.5. The number of fused-ring (bicyclic) bond motifs is 4. The van der Waals surface area contributed by atoms with Crippen molar-refractivity contribution in [1.82, 2.24) is 19.8 Å². The van der Waals surface area contributed by atoms with Gasteiger partial charge in [-0.1, -0.05) is 24.3 Å². The first-order chi connectivity index (χ1) is 13.2. The topological polar surface area (TPSA) is 41.5 Å². The van der Waals surface area contributed by atoms with Crippen LogP contribution in [-0.4, -0.2) is 65.7 Å². The first kappa shape index (κ1) is 18.5. The smallest absolute Gasteiger partial charge is 0.159 e. The van der Waals surface area contributed by atoms with Gasteiger partial charge in [0.1, 0.15) is 0 Å². The van der Waals surface area contributed by atoms with Crippen molar-refractivity contribution >= 4 is 0 Å². The molecule has 144 valence electrons. The lowest BCUT2D eigenvalue weighted by atomic mass is 9.95.